The summed E-state index contributed by atoms with van der Waals surface area (Å²) in [5.41, 5.74) is 0.551. The van der Waals surface area contributed by atoms with Crippen LogP contribution in [0.1, 0.15) is 24.8 Å². The minimum Gasteiger partial charge on any atom is -0.480 e. The fourth-order valence-corrected chi connectivity index (χ4v) is 2.97. The van der Waals surface area contributed by atoms with Gasteiger partial charge in [-0.2, -0.15) is 0 Å². The van der Waals surface area contributed by atoms with Crippen LogP contribution in [0, 0.1) is 0 Å². The number of aliphatic carboxylic acids is 1. The van der Waals surface area contributed by atoms with Crippen molar-refractivity contribution >= 4 is 35.1 Å². The first-order chi connectivity index (χ1) is 9.50. The maximum absolute atomic E-state index is 12.3. The Kier molecular flexibility index (Phi) is 4.89. The summed E-state index contributed by atoms with van der Waals surface area (Å²) in [5.74, 6) is -1.20. The van der Waals surface area contributed by atoms with Gasteiger partial charge >= 0.3 is 5.97 Å². The van der Waals surface area contributed by atoms with Gasteiger partial charge in [0.25, 0.3) is 0 Å². The molecule has 1 fully saturated rings. The van der Waals surface area contributed by atoms with Gasteiger partial charge in [0.1, 0.15) is 6.04 Å². The Hall–Kier alpha value is -1.26. The zero-order valence-electron chi connectivity index (χ0n) is 10.8. The Morgan fingerprint density at radius 2 is 1.90 bits per heavy atom. The number of carbonyl (C=O) groups is 2. The van der Waals surface area contributed by atoms with Crippen molar-refractivity contribution in [3.8, 4) is 0 Å². The van der Waals surface area contributed by atoms with Crippen LogP contribution in [0.15, 0.2) is 18.2 Å². The summed E-state index contributed by atoms with van der Waals surface area (Å²) in [5, 5.41) is 10.0. The number of hydrogen-bond acceptors (Lipinski definition) is 2. The molecule has 0 radical (unpaired) electrons. The molecule has 1 heterocycles. The molecule has 0 saturated carbocycles. The number of likely N-dealkylation sites (tertiary alicyclic amines) is 1. The lowest BCUT2D eigenvalue weighted by Crippen LogP contribution is -2.48. The van der Waals surface area contributed by atoms with Crippen molar-refractivity contribution in [2.45, 2.75) is 31.7 Å². The molecule has 1 amide bonds. The first-order valence-electron chi connectivity index (χ1n) is 6.46. The molecule has 20 heavy (non-hydrogen) atoms. The zero-order valence-corrected chi connectivity index (χ0v) is 12.3. The molecule has 1 aromatic rings. The number of rotatable bonds is 3. The minimum absolute atomic E-state index is 0.0300. The smallest absolute Gasteiger partial charge is 0.326 e. The van der Waals surface area contributed by atoms with Crippen LogP contribution in [0.5, 0.6) is 0 Å². The number of hydrogen-bond donors (Lipinski definition) is 1. The number of benzene rings is 1. The second-order valence-corrected chi connectivity index (χ2v) is 5.63. The third-order valence-corrected chi connectivity index (χ3v) is 4.21. The van der Waals surface area contributed by atoms with Gasteiger partial charge in [-0.25, -0.2) is 4.79 Å². The Morgan fingerprint density at radius 3 is 2.50 bits per heavy atom. The molecule has 1 saturated heterocycles. The molecular weight excluding hydrogens is 301 g/mol. The molecule has 4 nitrogen and oxygen atoms in total. The predicted octanol–water partition coefficient (Wildman–Crippen LogP) is 3.00. The standard InChI is InChI=1S/C14H15Cl2NO3/c15-10-4-3-5-11(16)9(10)8-13(18)17-7-2-1-6-12(17)14(19)20/h3-5,12H,1-2,6-8H2,(H,19,20). The van der Waals surface area contributed by atoms with Gasteiger partial charge in [-0.15, -0.1) is 0 Å². The lowest BCUT2D eigenvalue weighted by atomic mass is 10.0. The Morgan fingerprint density at radius 1 is 1.25 bits per heavy atom. The highest BCUT2D eigenvalue weighted by molar-refractivity contribution is 6.36. The van der Waals surface area contributed by atoms with Crippen molar-refractivity contribution in [2.24, 2.45) is 0 Å². The molecule has 1 aromatic carbocycles. The van der Waals surface area contributed by atoms with E-state index in [4.69, 9.17) is 23.2 Å². The molecular formula is C14H15Cl2NO3. The molecule has 1 N–H and O–H groups in total. The van der Waals surface area contributed by atoms with Crippen molar-refractivity contribution in [3.05, 3.63) is 33.8 Å². The summed E-state index contributed by atoms with van der Waals surface area (Å²) < 4.78 is 0. The van der Waals surface area contributed by atoms with E-state index in [9.17, 15) is 14.7 Å². The molecule has 0 bridgehead atoms. The van der Waals surface area contributed by atoms with Crippen molar-refractivity contribution in [1.29, 1.82) is 0 Å². The van der Waals surface area contributed by atoms with Crippen LogP contribution in [0.25, 0.3) is 0 Å². The Bertz CT molecular complexity index is 513. The average molecular weight is 316 g/mol. The molecule has 1 atom stereocenters. The highest BCUT2D eigenvalue weighted by atomic mass is 35.5. The molecule has 0 aromatic heterocycles. The summed E-state index contributed by atoms with van der Waals surface area (Å²) >= 11 is 12.1. The van der Waals surface area contributed by atoms with E-state index in [1.165, 1.54) is 4.90 Å². The van der Waals surface area contributed by atoms with E-state index in [0.29, 0.717) is 28.6 Å². The second-order valence-electron chi connectivity index (χ2n) is 4.81. The first-order valence-corrected chi connectivity index (χ1v) is 7.21. The van der Waals surface area contributed by atoms with Gasteiger partial charge in [-0.3, -0.25) is 4.79 Å². The van der Waals surface area contributed by atoms with Crippen molar-refractivity contribution in [1.82, 2.24) is 4.90 Å². The van der Waals surface area contributed by atoms with Gasteiger partial charge < -0.3 is 10.0 Å². The van der Waals surface area contributed by atoms with Gasteiger partial charge in [0, 0.05) is 16.6 Å². The molecule has 0 aliphatic carbocycles. The number of halogens is 2. The highest BCUT2D eigenvalue weighted by Gasteiger charge is 2.32. The van der Waals surface area contributed by atoms with Gasteiger partial charge in [0.15, 0.2) is 0 Å². The number of carboxylic acid groups (broad SMARTS) is 1. The number of nitrogens with zero attached hydrogens (tertiary/aromatic N) is 1. The zero-order chi connectivity index (χ0) is 14.7. The van der Waals surface area contributed by atoms with Crippen molar-refractivity contribution in [2.75, 3.05) is 6.54 Å². The quantitative estimate of drug-likeness (QED) is 0.932. The molecule has 1 unspecified atom stereocenters. The lowest BCUT2D eigenvalue weighted by molar-refractivity contribution is -0.151. The van der Waals surface area contributed by atoms with E-state index in [1.807, 2.05) is 0 Å². The van der Waals surface area contributed by atoms with Gasteiger partial charge in [-0.1, -0.05) is 29.3 Å². The normalized spacial score (nSPS) is 18.9. The summed E-state index contributed by atoms with van der Waals surface area (Å²) in [6, 6.07) is 4.30. The largest absolute Gasteiger partial charge is 0.480 e. The Balaban J connectivity index is 2.16. The maximum atomic E-state index is 12.3. The van der Waals surface area contributed by atoms with E-state index in [2.05, 4.69) is 0 Å². The van der Waals surface area contributed by atoms with Crippen LogP contribution in [-0.2, 0) is 16.0 Å². The summed E-state index contributed by atoms with van der Waals surface area (Å²) in [6.45, 7) is 0.470. The topological polar surface area (TPSA) is 57.6 Å². The van der Waals surface area contributed by atoms with Crippen LogP contribution < -0.4 is 0 Å². The SMILES string of the molecule is O=C(O)C1CCCCN1C(=O)Cc1c(Cl)cccc1Cl. The average Bonchev–Trinajstić information content (AvgIpc) is 2.43. The molecule has 0 spiro atoms. The summed E-state index contributed by atoms with van der Waals surface area (Å²) in [7, 11) is 0. The first kappa shape index (κ1) is 15.1. The monoisotopic (exact) mass is 315 g/mol. The number of amides is 1. The van der Waals surface area contributed by atoms with Crippen LogP contribution in [0.2, 0.25) is 10.0 Å². The molecule has 2 rings (SSSR count). The lowest BCUT2D eigenvalue weighted by Gasteiger charge is -2.33. The third-order valence-electron chi connectivity index (χ3n) is 3.50. The van der Waals surface area contributed by atoms with E-state index >= 15 is 0 Å². The van der Waals surface area contributed by atoms with Crippen LogP contribution in [-0.4, -0.2) is 34.5 Å². The van der Waals surface area contributed by atoms with Crippen molar-refractivity contribution < 1.29 is 14.7 Å². The maximum Gasteiger partial charge on any atom is 0.326 e. The number of piperidine rings is 1. The third kappa shape index (κ3) is 3.25. The number of carbonyl (C=O) groups excluding carboxylic acids is 1. The highest BCUT2D eigenvalue weighted by Crippen LogP contribution is 2.26. The minimum atomic E-state index is -0.955. The molecule has 6 heteroatoms. The van der Waals surface area contributed by atoms with Crippen molar-refractivity contribution in [3.63, 3.8) is 0 Å². The van der Waals surface area contributed by atoms with E-state index in [1.54, 1.807) is 18.2 Å². The Labute approximate surface area is 127 Å². The van der Waals surface area contributed by atoms with Crippen LogP contribution in [0.4, 0.5) is 0 Å². The van der Waals surface area contributed by atoms with Gasteiger partial charge in [-0.05, 0) is 37.0 Å². The second kappa shape index (κ2) is 6.46. The van der Waals surface area contributed by atoms with Crippen LogP contribution >= 0.6 is 23.2 Å². The summed E-state index contributed by atoms with van der Waals surface area (Å²) in [4.78, 5) is 25.0. The van der Waals surface area contributed by atoms with Gasteiger partial charge in [0.05, 0.1) is 6.42 Å². The van der Waals surface area contributed by atoms with Gasteiger partial charge in [0.2, 0.25) is 5.91 Å². The fourth-order valence-electron chi connectivity index (χ4n) is 2.44. The molecule has 1 aliphatic heterocycles. The molecule has 1 aliphatic rings. The molecule has 108 valence electrons. The van der Waals surface area contributed by atoms with Crippen LogP contribution in [0.3, 0.4) is 0 Å². The summed E-state index contributed by atoms with van der Waals surface area (Å²) in [6.07, 6.45) is 2.18. The van der Waals surface area contributed by atoms with E-state index in [0.717, 1.165) is 12.8 Å². The number of carboxylic acids is 1. The fraction of sp³-hybridized carbons (Fsp3) is 0.429. The predicted molar refractivity (Wildman–Crippen MR) is 77.2 cm³/mol. The van der Waals surface area contributed by atoms with E-state index < -0.39 is 12.0 Å². The van der Waals surface area contributed by atoms with E-state index in [-0.39, 0.29) is 12.3 Å².